The van der Waals surface area contributed by atoms with Gasteiger partial charge in [0.2, 0.25) is 10.0 Å². The van der Waals surface area contributed by atoms with Gasteiger partial charge in [0, 0.05) is 24.2 Å². The summed E-state index contributed by atoms with van der Waals surface area (Å²) in [4.78, 5) is 15.2. The van der Waals surface area contributed by atoms with Gasteiger partial charge >= 0.3 is 0 Å². The van der Waals surface area contributed by atoms with E-state index in [1.807, 2.05) is 0 Å². The highest BCUT2D eigenvalue weighted by Gasteiger charge is 2.57. The number of hydrogen-bond acceptors (Lipinski definition) is 7. The molecule has 13 heteroatoms. The van der Waals surface area contributed by atoms with Crippen LogP contribution in [-0.4, -0.2) is 50.9 Å². The van der Waals surface area contributed by atoms with E-state index < -0.39 is 31.8 Å². The number of amidine groups is 1. The van der Waals surface area contributed by atoms with E-state index in [9.17, 15) is 31.1 Å². The van der Waals surface area contributed by atoms with Crippen molar-refractivity contribution in [3.8, 4) is 0 Å². The molecule has 4 atom stereocenters. The van der Waals surface area contributed by atoms with Crippen LogP contribution in [0.15, 0.2) is 63.1 Å². The lowest BCUT2D eigenvalue weighted by Gasteiger charge is -2.44. The van der Waals surface area contributed by atoms with Gasteiger partial charge in [0.25, 0.3) is 15.9 Å². The lowest BCUT2D eigenvalue weighted by atomic mass is 9.77. The predicted molar refractivity (Wildman–Crippen MR) is 138 cm³/mol. The molecule has 0 spiro atoms. The minimum Gasteiger partial charge on any atom is -0.511 e. The Bertz CT molecular complexity index is 1650. The van der Waals surface area contributed by atoms with Gasteiger partial charge in [-0.25, -0.2) is 12.8 Å². The van der Waals surface area contributed by atoms with E-state index in [1.165, 1.54) is 24.3 Å². The lowest BCUT2D eigenvalue weighted by Crippen LogP contribution is -2.53. The quantitative estimate of drug-likeness (QED) is 0.510. The Morgan fingerprint density at radius 3 is 2.68 bits per heavy atom. The van der Waals surface area contributed by atoms with Crippen molar-refractivity contribution in [2.24, 2.45) is 22.2 Å². The van der Waals surface area contributed by atoms with Crippen LogP contribution in [0.1, 0.15) is 24.8 Å². The third-order valence-corrected chi connectivity index (χ3v) is 9.71. The number of nitrogens with one attached hydrogen (secondary N) is 2. The van der Waals surface area contributed by atoms with Gasteiger partial charge in [-0.2, -0.15) is 8.42 Å². The SMILES string of the molecule is CS(=O)(=O)Nc1ccc2c(c1)S(=O)(=O)N=C(C1=C(O)C3C([C@@H]4CC[C@H]3C4)N(Cc3cccc(F)c3)C1=O)N2. The standard InChI is InChI=1S/C25H25FN4O6S2/c1-37(33,34)28-17-7-8-18-19(11-17)38(35,36)29-24(27-18)21-23(31)20-14-5-6-15(10-14)22(20)30(25(21)32)12-13-3-2-4-16(26)9-13/h2-4,7-9,11,14-15,20,22,28,31H,5-6,10,12H2,1H3,(H,27,29)/t14-,15+,20?,22?/m0/s1. The van der Waals surface area contributed by atoms with Crippen LogP contribution in [0.4, 0.5) is 15.8 Å². The molecule has 2 bridgehead atoms. The van der Waals surface area contributed by atoms with Crippen LogP contribution in [0.5, 0.6) is 0 Å². The minimum absolute atomic E-state index is 0.0390. The maximum atomic E-state index is 13.9. The fourth-order valence-electron chi connectivity index (χ4n) is 6.43. The fraction of sp³-hybridized carbons (Fsp3) is 0.360. The van der Waals surface area contributed by atoms with Crippen LogP contribution in [0.2, 0.25) is 0 Å². The van der Waals surface area contributed by atoms with E-state index in [4.69, 9.17) is 0 Å². The van der Waals surface area contributed by atoms with Gasteiger partial charge in [-0.1, -0.05) is 12.1 Å². The number of rotatable bonds is 5. The molecule has 2 saturated carbocycles. The first-order valence-electron chi connectivity index (χ1n) is 12.1. The average molecular weight is 561 g/mol. The molecule has 0 saturated heterocycles. The van der Waals surface area contributed by atoms with E-state index in [0.717, 1.165) is 31.6 Å². The molecular formula is C25H25FN4O6S2. The molecule has 6 rings (SSSR count). The molecule has 3 N–H and O–H groups in total. The highest BCUT2D eigenvalue weighted by molar-refractivity contribution is 7.92. The van der Waals surface area contributed by atoms with Gasteiger partial charge in [0.1, 0.15) is 22.0 Å². The van der Waals surface area contributed by atoms with E-state index in [2.05, 4.69) is 14.4 Å². The smallest absolute Gasteiger partial charge is 0.286 e. The molecule has 0 radical (unpaired) electrons. The summed E-state index contributed by atoms with van der Waals surface area (Å²) in [5, 5.41) is 14.2. The number of aliphatic hydroxyl groups is 1. The van der Waals surface area contributed by atoms with Crippen molar-refractivity contribution < 1.29 is 31.1 Å². The van der Waals surface area contributed by atoms with Gasteiger partial charge in [-0.3, -0.25) is 9.52 Å². The fourth-order valence-corrected chi connectivity index (χ4v) is 8.13. The first-order chi connectivity index (χ1) is 17.9. The second-order valence-electron chi connectivity index (χ2n) is 10.3. The number of hydrogen-bond donors (Lipinski definition) is 3. The molecule has 2 aliphatic carbocycles. The predicted octanol–water partition coefficient (Wildman–Crippen LogP) is 2.98. The second kappa shape index (κ2) is 8.53. The minimum atomic E-state index is -4.35. The highest BCUT2D eigenvalue weighted by atomic mass is 32.2. The van der Waals surface area contributed by atoms with Gasteiger partial charge in [-0.15, -0.1) is 4.40 Å². The van der Waals surface area contributed by atoms with E-state index in [1.54, 1.807) is 17.0 Å². The van der Waals surface area contributed by atoms with E-state index in [0.29, 0.717) is 5.56 Å². The summed E-state index contributed by atoms with van der Waals surface area (Å²) in [5.74, 6) is -1.53. The number of halogens is 1. The average Bonchev–Trinajstić information content (AvgIpc) is 3.43. The van der Waals surface area contributed by atoms with Crippen LogP contribution in [-0.2, 0) is 31.4 Å². The summed E-state index contributed by atoms with van der Waals surface area (Å²) in [5.41, 5.74) is 0.497. The van der Waals surface area contributed by atoms with Crippen LogP contribution in [0, 0.1) is 23.6 Å². The summed E-state index contributed by atoms with van der Waals surface area (Å²) >= 11 is 0. The molecule has 2 aromatic carbocycles. The van der Waals surface area contributed by atoms with Crippen LogP contribution < -0.4 is 10.0 Å². The van der Waals surface area contributed by atoms with Crippen molar-refractivity contribution in [3.05, 3.63) is 65.2 Å². The highest BCUT2D eigenvalue weighted by Crippen LogP contribution is 2.55. The van der Waals surface area contributed by atoms with Gasteiger partial charge in [-0.05, 0) is 67.0 Å². The Morgan fingerprint density at radius 2 is 1.95 bits per heavy atom. The van der Waals surface area contributed by atoms with Crippen LogP contribution in [0.3, 0.4) is 0 Å². The molecule has 2 aromatic rings. The lowest BCUT2D eigenvalue weighted by molar-refractivity contribution is -0.134. The Labute approximate surface area is 219 Å². The third kappa shape index (κ3) is 4.13. The van der Waals surface area contributed by atoms with E-state index >= 15 is 0 Å². The largest absolute Gasteiger partial charge is 0.511 e. The number of benzene rings is 2. The maximum Gasteiger partial charge on any atom is 0.286 e. The number of sulfonamides is 2. The van der Waals surface area contributed by atoms with Crippen molar-refractivity contribution in [2.45, 2.75) is 36.7 Å². The molecule has 10 nitrogen and oxygen atoms in total. The Morgan fingerprint density at radius 1 is 1.18 bits per heavy atom. The Balaban J connectivity index is 1.41. The Hall–Kier alpha value is -3.45. The molecule has 38 heavy (non-hydrogen) atoms. The summed E-state index contributed by atoms with van der Waals surface area (Å²) in [6.07, 6.45) is 3.60. The zero-order valence-corrected chi connectivity index (χ0v) is 21.9. The normalized spacial score (nSPS) is 27.5. The number of amides is 1. The summed E-state index contributed by atoms with van der Waals surface area (Å²) in [7, 11) is -8.00. The topological polar surface area (TPSA) is 145 Å². The number of nitrogens with zero attached hydrogens (tertiary/aromatic N) is 2. The summed E-state index contributed by atoms with van der Waals surface area (Å²) in [6, 6.07) is 9.56. The molecular weight excluding hydrogens is 535 g/mol. The van der Waals surface area contributed by atoms with Gasteiger partial charge in [0.15, 0.2) is 5.84 Å². The monoisotopic (exact) mass is 560 g/mol. The van der Waals surface area contributed by atoms with Crippen molar-refractivity contribution >= 4 is 43.2 Å². The molecule has 1 amide bonds. The summed E-state index contributed by atoms with van der Waals surface area (Å²) < 4.78 is 69.4. The molecule has 200 valence electrons. The molecule has 2 aliphatic heterocycles. The maximum absolute atomic E-state index is 13.9. The van der Waals surface area contributed by atoms with Crippen molar-refractivity contribution in [1.82, 2.24) is 4.90 Å². The summed E-state index contributed by atoms with van der Waals surface area (Å²) in [6.45, 7) is 0.106. The number of anilines is 2. The van der Waals surface area contributed by atoms with Crippen molar-refractivity contribution in [1.29, 1.82) is 0 Å². The third-order valence-electron chi connectivity index (χ3n) is 7.79. The number of carbonyl (C=O) groups excluding carboxylic acids is 1. The van der Waals surface area contributed by atoms with Crippen molar-refractivity contribution in [3.63, 3.8) is 0 Å². The molecule has 2 fully saturated rings. The first kappa shape index (κ1) is 24.9. The Kier molecular flexibility index (Phi) is 5.58. The van der Waals surface area contributed by atoms with Crippen molar-refractivity contribution in [2.75, 3.05) is 16.3 Å². The van der Waals surface area contributed by atoms with Gasteiger partial charge < -0.3 is 15.3 Å². The first-order valence-corrected chi connectivity index (χ1v) is 15.5. The molecule has 0 aromatic heterocycles. The van der Waals surface area contributed by atoms with E-state index in [-0.39, 0.29) is 63.8 Å². The molecule has 4 aliphatic rings. The zero-order valence-electron chi connectivity index (χ0n) is 20.3. The zero-order chi connectivity index (χ0) is 27.0. The molecule has 2 heterocycles. The molecule has 2 unspecified atom stereocenters. The number of carbonyl (C=O) groups is 1. The van der Waals surface area contributed by atoms with Crippen LogP contribution >= 0.6 is 0 Å². The van der Waals surface area contributed by atoms with Gasteiger partial charge in [0.05, 0.1) is 11.9 Å². The second-order valence-corrected chi connectivity index (χ2v) is 13.6. The number of fused-ring (bicyclic) bond motifs is 6. The number of aliphatic hydroxyl groups excluding tert-OH is 1. The van der Waals surface area contributed by atoms with Crippen LogP contribution in [0.25, 0.3) is 0 Å².